The number of aromatic nitrogens is 2. The average Bonchev–Trinajstić information content (AvgIpc) is 2.99. The van der Waals surface area contributed by atoms with Gasteiger partial charge >= 0.3 is 0 Å². The number of hydrogen-bond acceptors (Lipinski definition) is 4. The first-order chi connectivity index (χ1) is 8.78. The molecule has 0 aromatic carbocycles. The van der Waals surface area contributed by atoms with Gasteiger partial charge < -0.3 is 14.8 Å². The summed E-state index contributed by atoms with van der Waals surface area (Å²) >= 11 is 0. The standard InChI is InChI=1S/C13H23N3O2/c1-3-17-10-11(2)15-12-7-14-16(8-12)9-13-5-4-6-18-13/h7-8,11,13,15H,3-6,9-10H2,1-2H3. The molecule has 0 saturated carbocycles. The molecule has 2 heterocycles. The monoisotopic (exact) mass is 253 g/mol. The number of nitrogens with one attached hydrogen (secondary N) is 1. The van der Waals surface area contributed by atoms with Crippen molar-refractivity contribution in [1.82, 2.24) is 9.78 Å². The summed E-state index contributed by atoms with van der Waals surface area (Å²) in [5, 5.41) is 7.72. The number of hydrogen-bond donors (Lipinski definition) is 1. The van der Waals surface area contributed by atoms with Gasteiger partial charge in [0.25, 0.3) is 0 Å². The molecule has 5 nitrogen and oxygen atoms in total. The van der Waals surface area contributed by atoms with Crippen LogP contribution in [0.2, 0.25) is 0 Å². The van der Waals surface area contributed by atoms with Crippen LogP contribution in [0.1, 0.15) is 26.7 Å². The minimum Gasteiger partial charge on any atom is -0.380 e. The second kappa shape index (κ2) is 6.75. The highest BCUT2D eigenvalue weighted by Gasteiger charge is 2.16. The lowest BCUT2D eigenvalue weighted by Crippen LogP contribution is -2.21. The molecule has 1 N–H and O–H groups in total. The van der Waals surface area contributed by atoms with E-state index >= 15 is 0 Å². The molecule has 2 atom stereocenters. The van der Waals surface area contributed by atoms with Crippen molar-refractivity contribution in [2.45, 2.75) is 45.4 Å². The summed E-state index contributed by atoms with van der Waals surface area (Å²) in [6.07, 6.45) is 6.53. The number of nitrogens with zero attached hydrogens (tertiary/aromatic N) is 2. The van der Waals surface area contributed by atoms with E-state index in [4.69, 9.17) is 9.47 Å². The highest BCUT2D eigenvalue weighted by Crippen LogP contribution is 2.15. The second-order valence-corrected chi connectivity index (χ2v) is 4.79. The zero-order chi connectivity index (χ0) is 12.8. The average molecular weight is 253 g/mol. The van der Waals surface area contributed by atoms with Crippen LogP contribution < -0.4 is 5.32 Å². The van der Waals surface area contributed by atoms with E-state index in [1.807, 2.05) is 24.0 Å². The molecule has 0 radical (unpaired) electrons. The van der Waals surface area contributed by atoms with E-state index in [1.165, 1.54) is 6.42 Å². The summed E-state index contributed by atoms with van der Waals surface area (Å²) in [4.78, 5) is 0. The first-order valence-corrected chi connectivity index (χ1v) is 6.76. The molecule has 1 saturated heterocycles. The van der Waals surface area contributed by atoms with E-state index in [2.05, 4.69) is 17.3 Å². The Hall–Kier alpha value is -1.07. The molecule has 1 aromatic heterocycles. The molecule has 1 fully saturated rings. The van der Waals surface area contributed by atoms with Crippen molar-refractivity contribution in [2.24, 2.45) is 0 Å². The molecule has 0 aliphatic carbocycles. The Morgan fingerprint density at radius 3 is 3.28 bits per heavy atom. The van der Waals surface area contributed by atoms with Crippen LogP contribution in [0.5, 0.6) is 0 Å². The Morgan fingerprint density at radius 2 is 2.56 bits per heavy atom. The van der Waals surface area contributed by atoms with Crippen LogP contribution in [0.15, 0.2) is 12.4 Å². The van der Waals surface area contributed by atoms with Crippen LogP contribution in [0, 0.1) is 0 Å². The van der Waals surface area contributed by atoms with Gasteiger partial charge in [-0.3, -0.25) is 4.68 Å². The SMILES string of the molecule is CCOCC(C)Nc1cnn(CC2CCCO2)c1. The number of anilines is 1. The van der Waals surface area contributed by atoms with Crippen LogP contribution in [-0.2, 0) is 16.0 Å². The van der Waals surface area contributed by atoms with Crippen LogP contribution in [-0.4, -0.2) is 41.7 Å². The van der Waals surface area contributed by atoms with Gasteiger partial charge in [-0.2, -0.15) is 5.10 Å². The molecular weight excluding hydrogens is 230 g/mol. The normalized spacial score (nSPS) is 21.1. The van der Waals surface area contributed by atoms with Crippen molar-refractivity contribution < 1.29 is 9.47 Å². The molecule has 1 aromatic rings. The molecular formula is C13H23N3O2. The summed E-state index contributed by atoms with van der Waals surface area (Å²) in [6, 6.07) is 0.297. The van der Waals surface area contributed by atoms with E-state index < -0.39 is 0 Å². The fourth-order valence-corrected chi connectivity index (χ4v) is 2.16. The maximum Gasteiger partial charge on any atom is 0.0771 e. The van der Waals surface area contributed by atoms with Gasteiger partial charge in [-0.1, -0.05) is 0 Å². The lowest BCUT2D eigenvalue weighted by molar-refractivity contribution is 0.0940. The first-order valence-electron chi connectivity index (χ1n) is 6.76. The van der Waals surface area contributed by atoms with Gasteiger partial charge in [-0.25, -0.2) is 0 Å². The van der Waals surface area contributed by atoms with Gasteiger partial charge in [0.05, 0.1) is 31.1 Å². The van der Waals surface area contributed by atoms with Crippen LogP contribution in [0.25, 0.3) is 0 Å². The topological polar surface area (TPSA) is 48.3 Å². The largest absolute Gasteiger partial charge is 0.380 e. The lowest BCUT2D eigenvalue weighted by Gasteiger charge is -2.13. The minimum atomic E-state index is 0.297. The minimum absolute atomic E-state index is 0.297. The molecule has 0 amide bonds. The zero-order valence-corrected chi connectivity index (χ0v) is 11.3. The summed E-state index contributed by atoms with van der Waals surface area (Å²) in [6.45, 7) is 7.32. The lowest BCUT2D eigenvalue weighted by atomic mass is 10.2. The van der Waals surface area contributed by atoms with Gasteiger partial charge in [-0.05, 0) is 26.7 Å². The number of ether oxygens (including phenoxy) is 2. The molecule has 5 heteroatoms. The molecule has 2 unspecified atom stereocenters. The van der Waals surface area contributed by atoms with Crippen molar-refractivity contribution in [3.05, 3.63) is 12.4 Å². The fourth-order valence-electron chi connectivity index (χ4n) is 2.16. The molecule has 1 aliphatic rings. The van der Waals surface area contributed by atoms with E-state index in [-0.39, 0.29) is 0 Å². The van der Waals surface area contributed by atoms with Crippen molar-refractivity contribution in [1.29, 1.82) is 0 Å². The van der Waals surface area contributed by atoms with Crippen molar-refractivity contribution >= 4 is 5.69 Å². The molecule has 0 bridgehead atoms. The van der Waals surface area contributed by atoms with Gasteiger partial charge in [0.2, 0.25) is 0 Å². The Balaban J connectivity index is 1.78. The van der Waals surface area contributed by atoms with Crippen LogP contribution in [0.3, 0.4) is 0 Å². The summed E-state index contributed by atoms with van der Waals surface area (Å²) in [5.41, 5.74) is 1.04. The van der Waals surface area contributed by atoms with Gasteiger partial charge in [0, 0.05) is 25.5 Å². The first kappa shape index (κ1) is 13.4. The maximum absolute atomic E-state index is 5.60. The fraction of sp³-hybridized carbons (Fsp3) is 0.769. The number of rotatable bonds is 7. The Kier molecular flexibility index (Phi) is 5.01. The highest BCUT2D eigenvalue weighted by molar-refractivity contribution is 5.39. The second-order valence-electron chi connectivity index (χ2n) is 4.79. The van der Waals surface area contributed by atoms with Gasteiger partial charge in [0.15, 0.2) is 0 Å². The summed E-state index contributed by atoms with van der Waals surface area (Å²) in [5.74, 6) is 0. The van der Waals surface area contributed by atoms with Crippen LogP contribution >= 0.6 is 0 Å². The maximum atomic E-state index is 5.60. The Morgan fingerprint density at radius 1 is 1.67 bits per heavy atom. The van der Waals surface area contributed by atoms with E-state index in [1.54, 1.807) is 0 Å². The molecule has 0 spiro atoms. The van der Waals surface area contributed by atoms with Gasteiger partial charge in [0.1, 0.15) is 0 Å². The quantitative estimate of drug-likeness (QED) is 0.806. The Labute approximate surface area is 108 Å². The third kappa shape index (κ3) is 3.99. The van der Waals surface area contributed by atoms with E-state index in [0.717, 1.165) is 31.9 Å². The Bertz CT molecular complexity index is 348. The van der Waals surface area contributed by atoms with E-state index in [0.29, 0.717) is 18.8 Å². The predicted octanol–water partition coefficient (Wildman–Crippen LogP) is 1.90. The van der Waals surface area contributed by atoms with Gasteiger partial charge in [-0.15, -0.1) is 0 Å². The van der Waals surface area contributed by atoms with Crippen LogP contribution in [0.4, 0.5) is 5.69 Å². The molecule has 1 aliphatic heterocycles. The zero-order valence-electron chi connectivity index (χ0n) is 11.3. The highest BCUT2D eigenvalue weighted by atomic mass is 16.5. The molecule has 18 heavy (non-hydrogen) atoms. The van der Waals surface area contributed by atoms with Crippen molar-refractivity contribution in [3.8, 4) is 0 Å². The third-order valence-corrected chi connectivity index (χ3v) is 3.03. The van der Waals surface area contributed by atoms with Crippen molar-refractivity contribution in [3.63, 3.8) is 0 Å². The summed E-state index contributed by atoms with van der Waals surface area (Å²) < 4.78 is 12.9. The smallest absolute Gasteiger partial charge is 0.0771 e. The summed E-state index contributed by atoms with van der Waals surface area (Å²) in [7, 11) is 0. The third-order valence-electron chi connectivity index (χ3n) is 3.03. The molecule has 102 valence electrons. The molecule has 2 rings (SSSR count). The van der Waals surface area contributed by atoms with Crippen molar-refractivity contribution in [2.75, 3.05) is 25.1 Å². The van der Waals surface area contributed by atoms with E-state index in [9.17, 15) is 0 Å². The predicted molar refractivity (Wildman–Crippen MR) is 70.8 cm³/mol.